The van der Waals surface area contributed by atoms with Gasteiger partial charge in [-0.05, 0) is 31.0 Å². The first-order valence-electron chi connectivity index (χ1n) is 9.31. The molecule has 4 rings (SSSR count). The number of carbonyl (C=O) groups excluding carboxylic acids is 1. The Kier molecular flexibility index (Phi) is 5.11. The third-order valence-corrected chi connectivity index (χ3v) is 5.51. The number of carbonyl (C=O) groups is 1. The third kappa shape index (κ3) is 3.29. The Labute approximate surface area is 161 Å². The maximum atomic E-state index is 15.0. The summed E-state index contributed by atoms with van der Waals surface area (Å²) in [4.78, 5) is 14.3. The molecule has 0 bridgehead atoms. The van der Waals surface area contributed by atoms with Gasteiger partial charge in [0.05, 0.1) is 18.7 Å². The summed E-state index contributed by atoms with van der Waals surface area (Å²) in [6.07, 6.45) is -1.72. The van der Waals surface area contributed by atoms with Crippen molar-refractivity contribution in [3.05, 3.63) is 41.0 Å². The quantitative estimate of drug-likeness (QED) is 0.716. The third-order valence-electron chi connectivity index (χ3n) is 5.51. The highest BCUT2D eigenvalue weighted by Gasteiger charge is 2.43. The van der Waals surface area contributed by atoms with E-state index in [1.807, 2.05) is 0 Å². The number of aliphatic hydroxyl groups is 1. The van der Waals surface area contributed by atoms with Gasteiger partial charge in [-0.15, -0.1) is 0 Å². The van der Waals surface area contributed by atoms with Gasteiger partial charge in [0.2, 0.25) is 6.35 Å². The minimum absolute atomic E-state index is 0.106. The number of hydrogen-bond acceptors (Lipinski definition) is 6. The lowest BCUT2D eigenvalue weighted by atomic mass is 9.91. The molecule has 1 unspecified atom stereocenters. The highest BCUT2D eigenvalue weighted by atomic mass is 19.1. The number of halogens is 2. The predicted molar refractivity (Wildman–Crippen MR) is 95.2 cm³/mol. The zero-order valence-electron chi connectivity index (χ0n) is 15.5. The summed E-state index contributed by atoms with van der Waals surface area (Å²) >= 11 is 0. The number of nitrogens with zero attached hydrogens (tertiary/aromatic N) is 1. The van der Waals surface area contributed by atoms with Crippen molar-refractivity contribution in [1.29, 1.82) is 0 Å². The van der Waals surface area contributed by atoms with E-state index in [-0.39, 0.29) is 29.4 Å². The number of aliphatic hydroxyl groups excluding tert-OH is 1. The fourth-order valence-corrected chi connectivity index (χ4v) is 4.03. The lowest BCUT2D eigenvalue weighted by molar-refractivity contribution is -0.151. The van der Waals surface area contributed by atoms with Crippen molar-refractivity contribution in [3.8, 4) is 5.75 Å². The van der Waals surface area contributed by atoms with E-state index < -0.39 is 30.3 Å². The monoisotopic (exact) mass is 395 g/mol. The molecule has 1 aromatic carbocycles. The Morgan fingerprint density at radius 3 is 2.75 bits per heavy atom. The molecular weight excluding hydrogens is 372 g/mol. The maximum Gasteiger partial charge on any atom is 0.257 e. The first-order valence-corrected chi connectivity index (χ1v) is 9.31. The minimum atomic E-state index is -1.52. The Bertz CT molecular complexity index is 797. The van der Waals surface area contributed by atoms with E-state index >= 15 is 0 Å². The van der Waals surface area contributed by atoms with Crippen LogP contribution >= 0.6 is 0 Å². The summed E-state index contributed by atoms with van der Waals surface area (Å²) in [6, 6.07) is 2.92. The number of ether oxygens (including phenoxy) is 2. The van der Waals surface area contributed by atoms with Crippen LogP contribution in [0.4, 0.5) is 8.78 Å². The molecule has 0 saturated carbocycles. The van der Waals surface area contributed by atoms with Crippen molar-refractivity contribution in [3.63, 3.8) is 0 Å². The summed E-state index contributed by atoms with van der Waals surface area (Å²) in [5.74, 6) is -0.338. The SMILES string of the molecule is COc1ccc(F)c([C@@H]2NC3=C(C[C@H]2F)C(=O)N(C2CCOCC2)C(O)N3)c1. The molecule has 3 N–H and O–H groups in total. The molecule has 9 heteroatoms. The summed E-state index contributed by atoms with van der Waals surface area (Å²) < 4.78 is 39.7. The van der Waals surface area contributed by atoms with Gasteiger partial charge in [0, 0.05) is 31.2 Å². The van der Waals surface area contributed by atoms with E-state index in [0.29, 0.717) is 31.8 Å². The largest absolute Gasteiger partial charge is 0.497 e. The average molecular weight is 395 g/mol. The number of hydrogen-bond donors (Lipinski definition) is 3. The molecule has 0 aromatic heterocycles. The number of benzene rings is 1. The van der Waals surface area contributed by atoms with Crippen LogP contribution < -0.4 is 15.4 Å². The van der Waals surface area contributed by atoms with E-state index in [0.717, 1.165) is 0 Å². The standard InChI is InChI=1S/C19H23F2N3O4/c1-27-11-2-3-14(20)12(8-11)16-15(21)9-13-17(22-16)23-19(26)24(18(13)25)10-4-6-28-7-5-10/h2-3,8,10,15-16,19,22-23,26H,4-7,9H2,1H3/t15-,16+,19?/m1/s1. The first kappa shape index (κ1) is 18.9. The number of methoxy groups -OCH3 is 1. The maximum absolute atomic E-state index is 15.0. The van der Waals surface area contributed by atoms with Gasteiger partial charge in [-0.3, -0.25) is 9.69 Å². The van der Waals surface area contributed by atoms with Gasteiger partial charge in [-0.2, -0.15) is 0 Å². The van der Waals surface area contributed by atoms with Crippen LogP contribution in [0.1, 0.15) is 30.9 Å². The fourth-order valence-electron chi connectivity index (χ4n) is 4.03. The lowest BCUT2D eigenvalue weighted by Gasteiger charge is -2.44. The smallest absolute Gasteiger partial charge is 0.257 e. The zero-order valence-corrected chi connectivity index (χ0v) is 15.5. The van der Waals surface area contributed by atoms with E-state index in [4.69, 9.17) is 9.47 Å². The molecule has 0 spiro atoms. The summed E-state index contributed by atoms with van der Waals surface area (Å²) in [7, 11) is 1.45. The van der Waals surface area contributed by atoms with Crippen molar-refractivity contribution >= 4 is 5.91 Å². The second-order valence-electron chi connectivity index (χ2n) is 7.16. The highest BCUT2D eigenvalue weighted by molar-refractivity contribution is 5.95. The molecule has 28 heavy (non-hydrogen) atoms. The summed E-state index contributed by atoms with van der Waals surface area (Å²) in [6.45, 7) is 1.02. The first-order chi connectivity index (χ1) is 13.5. The summed E-state index contributed by atoms with van der Waals surface area (Å²) in [5, 5.41) is 16.2. The Hall–Kier alpha value is -2.39. The van der Waals surface area contributed by atoms with Gasteiger partial charge >= 0.3 is 0 Å². The van der Waals surface area contributed by atoms with Crippen molar-refractivity contribution in [2.24, 2.45) is 0 Å². The van der Waals surface area contributed by atoms with Crippen LogP contribution in [0.2, 0.25) is 0 Å². The predicted octanol–water partition coefficient (Wildman–Crippen LogP) is 1.31. The van der Waals surface area contributed by atoms with Gasteiger partial charge < -0.3 is 25.2 Å². The Morgan fingerprint density at radius 1 is 1.29 bits per heavy atom. The molecule has 0 radical (unpaired) electrons. The van der Waals surface area contributed by atoms with Crippen LogP contribution in [-0.4, -0.2) is 54.8 Å². The van der Waals surface area contributed by atoms with Gasteiger partial charge in [-0.25, -0.2) is 8.78 Å². The minimum Gasteiger partial charge on any atom is -0.497 e. The van der Waals surface area contributed by atoms with E-state index in [9.17, 15) is 18.7 Å². The van der Waals surface area contributed by atoms with Crippen molar-refractivity contribution in [2.75, 3.05) is 20.3 Å². The number of alkyl halides is 1. The van der Waals surface area contributed by atoms with Gasteiger partial charge in [0.1, 0.15) is 23.6 Å². The molecule has 152 valence electrons. The molecule has 3 aliphatic heterocycles. The Balaban J connectivity index is 1.61. The summed E-state index contributed by atoms with van der Waals surface area (Å²) in [5.41, 5.74) is 0.331. The van der Waals surface area contributed by atoms with Crippen LogP contribution in [0.5, 0.6) is 5.75 Å². The van der Waals surface area contributed by atoms with Crippen molar-refractivity contribution in [2.45, 2.75) is 43.9 Å². The molecule has 3 atom stereocenters. The highest BCUT2D eigenvalue weighted by Crippen LogP contribution is 2.36. The molecule has 7 nitrogen and oxygen atoms in total. The van der Waals surface area contributed by atoms with E-state index in [1.165, 1.54) is 30.2 Å². The van der Waals surface area contributed by atoms with Crippen molar-refractivity contribution in [1.82, 2.24) is 15.5 Å². The van der Waals surface area contributed by atoms with Crippen LogP contribution in [0.15, 0.2) is 29.6 Å². The fraction of sp³-hybridized carbons (Fsp3) is 0.526. The van der Waals surface area contributed by atoms with Crippen LogP contribution in [0.25, 0.3) is 0 Å². The molecule has 3 aliphatic rings. The molecule has 1 fully saturated rings. The van der Waals surface area contributed by atoms with E-state index in [1.54, 1.807) is 0 Å². The molecule has 1 saturated heterocycles. The van der Waals surface area contributed by atoms with Crippen molar-refractivity contribution < 1.29 is 28.2 Å². The van der Waals surface area contributed by atoms with Gasteiger partial charge in [-0.1, -0.05) is 0 Å². The Morgan fingerprint density at radius 2 is 2.04 bits per heavy atom. The molecule has 3 heterocycles. The lowest BCUT2D eigenvalue weighted by Crippen LogP contribution is -2.61. The second-order valence-corrected chi connectivity index (χ2v) is 7.16. The van der Waals surface area contributed by atoms with Crippen LogP contribution in [0.3, 0.4) is 0 Å². The molecule has 0 aliphatic carbocycles. The van der Waals surface area contributed by atoms with Crippen LogP contribution in [0, 0.1) is 5.82 Å². The number of amides is 1. The average Bonchev–Trinajstić information content (AvgIpc) is 2.70. The molecule has 1 amide bonds. The van der Waals surface area contributed by atoms with Crippen LogP contribution in [-0.2, 0) is 9.53 Å². The topological polar surface area (TPSA) is 83.1 Å². The van der Waals surface area contributed by atoms with Gasteiger partial charge in [0.15, 0.2) is 0 Å². The normalized spacial score (nSPS) is 28.5. The number of rotatable bonds is 3. The van der Waals surface area contributed by atoms with Gasteiger partial charge in [0.25, 0.3) is 5.91 Å². The zero-order chi connectivity index (χ0) is 19.8. The number of nitrogens with one attached hydrogen (secondary N) is 2. The molecule has 1 aromatic rings. The molecular formula is C19H23F2N3O4. The second kappa shape index (κ2) is 7.56. The van der Waals surface area contributed by atoms with E-state index in [2.05, 4.69) is 10.6 Å².